The molecule has 0 radical (unpaired) electrons. The first-order valence-corrected chi connectivity index (χ1v) is 7.06. The van der Waals surface area contributed by atoms with E-state index in [9.17, 15) is 0 Å². The van der Waals surface area contributed by atoms with E-state index in [1.807, 2.05) is 36.4 Å². The Labute approximate surface area is 126 Å². The highest BCUT2D eigenvalue weighted by atomic mass is 35.5. The lowest BCUT2D eigenvalue weighted by Gasteiger charge is -2.09. The van der Waals surface area contributed by atoms with Crippen LogP contribution in [0.1, 0.15) is 0 Å². The van der Waals surface area contributed by atoms with Gasteiger partial charge in [0.2, 0.25) is 0 Å². The highest BCUT2D eigenvalue weighted by Gasteiger charge is 2.07. The summed E-state index contributed by atoms with van der Waals surface area (Å²) in [7, 11) is 0. The van der Waals surface area contributed by atoms with Gasteiger partial charge in [-0.15, -0.1) is 0 Å². The lowest BCUT2D eigenvalue weighted by molar-refractivity contribution is 1.09. The number of H-pyrrole nitrogens is 1. The number of nitrogens with one attached hydrogen (secondary N) is 1. The number of halogens is 1. The number of rotatable bonds is 2. The minimum Gasteiger partial charge on any atom is -0.345 e. The summed E-state index contributed by atoms with van der Waals surface area (Å²) in [4.78, 5) is 7.40. The zero-order chi connectivity index (χ0) is 14.2. The van der Waals surface area contributed by atoms with Gasteiger partial charge in [0.15, 0.2) is 0 Å². The molecule has 0 unspecified atom stereocenters. The third-order valence-electron chi connectivity index (χ3n) is 3.57. The molecule has 0 amide bonds. The summed E-state index contributed by atoms with van der Waals surface area (Å²) < 4.78 is 2.16. The number of aromatic amines is 1. The highest BCUT2D eigenvalue weighted by molar-refractivity contribution is 6.30. The molecular formula is C17H12ClN3. The first-order chi connectivity index (χ1) is 10.3. The van der Waals surface area contributed by atoms with E-state index in [0.717, 1.165) is 33.0 Å². The first-order valence-electron chi connectivity index (χ1n) is 6.68. The molecule has 3 nitrogen and oxygen atoms in total. The Morgan fingerprint density at radius 3 is 2.71 bits per heavy atom. The minimum atomic E-state index is 0.746. The fraction of sp³-hybridized carbons (Fsp3) is 0. The van der Waals surface area contributed by atoms with Crippen LogP contribution in [0, 0.1) is 0 Å². The van der Waals surface area contributed by atoms with Gasteiger partial charge in [0.1, 0.15) is 0 Å². The molecule has 2 heterocycles. The van der Waals surface area contributed by atoms with Gasteiger partial charge in [-0.25, -0.2) is 4.98 Å². The molecule has 0 aliphatic heterocycles. The van der Waals surface area contributed by atoms with Gasteiger partial charge in [-0.2, -0.15) is 0 Å². The summed E-state index contributed by atoms with van der Waals surface area (Å²) in [5.74, 6) is 0. The number of aromatic nitrogens is 3. The van der Waals surface area contributed by atoms with E-state index in [2.05, 4.69) is 38.9 Å². The summed E-state index contributed by atoms with van der Waals surface area (Å²) in [5.41, 5.74) is 5.36. The molecule has 0 spiro atoms. The third kappa shape index (κ3) is 2.12. The van der Waals surface area contributed by atoms with Crippen LogP contribution in [0.2, 0.25) is 5.02 Å². The Morgan fingerprint density at radius 1 is 1.00 bits per heavy atom. The van der Waals surface area contributed by atoms with Gasteiger partial charge in [0.25, 0.3) is 0 Å². The summed E-state index contributed by atoms with van der Waals surface area (Å²) in [6.07, 6.45) is 3.77. The normalized spacial score (nSPS) is 11.1. The molecule has 2 aromatic carbocycles. The Balaban J connectivity index is 1.85. The summed E-state index contributed by atoms with van der Waals surface area (Å²) in [5, 5.41) is 0.746. The van der Waals surface area contributed by atoms with Crippen LogP contribution in [-0.4, -0.2) is 14.5 Å². The molecule has 21 heavy (non-hydrogen) atoms. The molecule has 2 aromatic heterocycles. The predicted octanol–water partition coefficient (Wildman–Crippen LogP) is 4.67. The molecule has 1 N–H and O–H groups in total. The van der Waals surface area contributed by atoms with Crippen molar-refractivity contribution in [2.24, 2.45) is 0 Å². The van der Waals surface area contributed by atoms with Gasteiger partial charge < -0.3 is 9.55 Å². The SMILES string of the molecule is Clc1ccc(-c2cccn2-c2ccc3nc[nH]c3c2)cc1. The Bertz CT molecular complexity index is 903. The maximum absolute atomic E-state index is 5.96. The molecule has 0 bridgehead atoms. The maximum Gasteiger partial charge on any atom is 0.0931 e. The summed E-state index contributed by atoms with van der Waals surface area (Å²) in [6.45, 7) is 0. The molecule has 0 aliphatic rings. The van der Waals surface area contributed by atoms with Crippen molar-refractivity contribution in [3.05, 3.63) is 72.1 Å². The average Bonchev–Trinajstić information content (AvgIpc) is 3.16. The molecule has 4 heteroatoms. The minimum absolute atomic E-state index is 0.746. The van der Waals surface area contributed by atoms with Gasteiger partial charge in [0, 0.05) is 16.9 Å². The van der Waals surface area contributed by atoms with Crippen LogP contribution < -0.4 is 0 Å². The van der Waals surface area contributed by atoms with E-state index in [0.29, 0.717) is 0 Å². The van der Waals surface area contributed by atoms with Gasteiger partial charge in [-0.05, 0) is 48.0 Å². The number of hydrogen-bond donors (Lipinski definition) is 1. The predicted molar refractivity (Wildman–Crippen MR) is 85.9 cm³/mol. The van der Waals surface area contributed by atoms with Gasteiger partial charge in [-0.1, -0.05) is 23.7 Å². The van der Waals surface area contributed by atoms with Crippen molar-refractivity contribution >= 4 is 22.6 Å². The van der Waals surface area contributed by atoms with Crippen molar-refractivity contribution in [1.29, 1.82) is 0 Å². The van der Waals surface area contributed by atoms with Crippen molar-refractivity contribution in [3.63, 3.8) is 0 Å². The molecule has 4 aromatic rings. The fourth-order valence-electron chi connectivity index (χ4n) is 2.54. The van der Waals surface area contributed by atoms with E-state index in [1.54, 1.807) is 6.33 Å². The number of hydrogen-bond acceptors (Lipinski definition) is 1. The van der Waals surface area contributed by atoms with E-state index in [1.165, 1.54) is 0 Å². The summed E-state index contributed by atoms with van der Waals surface area (Å²) in [6, 6.07) is 18.2. The zero-order valence-electron chi connectivity index (χ0n) is 11.1. The maximum atomic E-state index is 5.96. The average molecular weight is 294 g/mol. The lowest BCUT2D eigenvalue weighted by atomic mass is 10.1. The fourth-order valence-corrected chi connectivity index (χ4v) is 2.66. The van der Waals surface area contributed by atoms with Crippen LogP contribution in [0.25, 0.3) is 28.0 Å². The van der Waals surface area contributed by atoms with Crippen LogP contribution in [0.5, 0.6) is 0 Å². The Hall–Kier alpha value is -2.52. The Kier molecular flexibility index (Phi) is 2.79. The first kappa shape index (κ1) is 12.2. The third-order valence-corrected chi connectivity index (χ3v) is 3.82. The van der Waals surface area contributed by atoms with Gasteiger partial charge in [0.05, 0.1) is 23.1 Å². The molecular weight excluding hydrogens is 282 g/mol. The number of imidazole rings is 1. The molecule has 4 rings (SSSR count). The zero-order valence-corrected chi connectivity index (χ0v) is 11.9. The van der Waals surface area contributed by atoms with Gasteiger partial charge >= 0.3 is 0 Å². The van der Waals surface area contributed by atoms with E-state index >= 15 is 0 Å². The topological polar surface area (TPSA) is 33.6 Å². The standard InChI is InChI=1S/C17H12ClN3/c18-13-5-3-12(4-6-13)17-2-1-9-21(17)14-7-8-15-16(10-14)20-11-19-15/h1-11H,(H,19,20). The van der Waals surface area contributed by atoms with Crippen LogP contribution in [0.15, 0.2) is 67.1 Å². The second-order valence-electron chi connectivity index (χ2n) is 4.87. The smallest absolute Gasteiger partial charge is 0.0931 e. The largest absolute Gasteiger partial charge is 0.345 e. The van der Waals surface area contributed by atoms with Crippen LogP contribution in [0.4, 0.5) is 0 Å². The number of benzene rings is 2. The van der Waals surface area contributed by atoms with Crippen LogP contribution in [-0.2, 0) is 0 Å². The second kappa shape index (κ2) is 4.79. The van der Waals surface area contributed by atoms with Crippen molar-refractivity contribution in [1.82, 2.24) is 14.5 Å². The molecule has 0 saturated heterocycles. The Morgan fingerprint density at radius 2 is 1.86 bits per heavy atom. The molecule has 0 saturated carbocycles. The molecule has 0 atom stereocenters. The van der Waals surface area contributed by atoms with Crippen molar-refractivity contribution in [2.75, 3.05) is 0 Å². The van der Waals surface area contributed by atoms with Crippen LogP contribution >= 0.6 is 11.6 Å². The highest BCUT2D eigenvalue weighted by Crippen LogP contribution is 2.26. The molecule has 102 valence electrons. The van der Waals surface area contributed by atoms with Gasteiger partial charge in [-0.3, -0.25) is 0 Å². The van der Waals surface area contributed by atoms with E-state index in [4.69, 9.17) is 11.6 Å². The van der Waals surface area contributed by atoms with Crippen LogP contribution in [0.3, 0.4) is 0 Å². The quantitative estimate of drug-likeness (QED) is 0.572. The number of fused-ring (bicyclic) bond motifs is 1. The lowest BCUT2D eigenvalue weighted by Crippen LogP contribution is -1.94. The molecule has 0 aliphatic carbocycles. The van der Waals surface area contributed by atoms with Crippen molar-refractivity contribution < 1.29 is 0 Å². The monoisotopic (exact) mass is 293 g/mol. The number of nitrogens with zero attached hydrogens (tertiary/aromatic N) is 2. The van der Waals surface area contributed by atoms with E-state index in [-0.39, 0.29) is 0 Å². The van der Waals surface area contributed by atoms with E-state index < -0.39 is 0 Å². The second-order valence-corrected chi connectivity index (χ2v) is 5.31. The van der Waals surface area contributed by atoms with Crippen molar-refractivity contribution in [2.45, 2.75) is 0 Å². The van der Waals surface area contributed by atoms with Crippen molar-refractivity contribution in [3.8, 4) is 16.9 Å². The molecule has 0 fully saturated rings. The summed E-state index contributed by atoms with van der Waals surface area (Å²) >= 11 is 5.96.